The fourth-order valence-corrected chi connectivity index (χ4v) is 3.99. The maximum Gasteiger partial charge on any atom is 0.243 e. The highest BCUT2D eigenvalue weighted by Gasteiger charge is 2.36. The van der Waals surface area contributed by atoms with E-state index in [0.717, 1.165) is 23.2 Å². The number of nitrogens with two attached hydrogens (primary N) is 1. The third-order valence-corrected chi connectivity index (χ3v) is 5.56. The summed E-state index contributed by atoms with van der Waals surface area (Å²) in [4.78, 5) is 31.5. The number of hydrogen-bond acceptors (Lipinski definition) is 5. The normalized spacial score (nSPS) is 16.8. The minimum atomic E-state index is -0.663. The van der Waals surface area contributed by atoms with Gasteiger partial charge in [-0.1, -0.05) is 48.5 Å². The zero-order valence-electron chi connectivity index (χ0n) is 17.2. The average Bonchev–Trinajstić information content (AvgIpc) is 3.50. The fraction of sp³-hybridized carbons (Fsp3) is 0.304. The van der Waals surface area contributed by atoms with Crippen LogP contribution in [0.1, 0.15) is 24.0 Å². The van der Waals surface area contributed by atoms with Crippen LogP contribution in [0.2, 0.25) is 0 Å². The van der Waals surface area contributed by atoms with Crippen LogP contribution in [-0.4, -0.2) is 50.1 Å². The molecule has 0 aliphatic carbocycles. The summed E-state index contributed by atoms with van der Waals surface area (Å²) < 4.78 is 1.66. The summed E-state index contributed by atoms with van der Waals surface area (Å²) in [5.74, 6) is -0.337. The van der Waals surface area contributed by atoms with E-state index in [1.807, 2.05) is 54.6 Å². The van der Waals surface area contributed by atoms with Crippen molar-refractivity contribution in [1.82, 2.24) is 25.0 Å². The maximum atomic E-state index is 13.0. The van der Waals surface area contributed by atoms with Crippen LogP contribution in [0.4, 0.5) is 0 Å². The second-order valence-corrected chi connectivity index (χ2v) is 7.67. The number of nitrogens with zero attached hydrogens (tertiary/aromatic N) is 4. The van der Waals surface area contributed by atoms with Gasteiger partial charge in [0.05, 0.1) is 11.7 Å². The lowest BCUT2D eigenvalue weighted by atomic mass is 10.1. The van der Waals surface area contributed by atoms with Crippen molar-refractivity contribution in [2.24, 2.45) is 5.73 Å². The van der Waals surface area contributed by atoms with Gasteiger partial charge in [-0.2, -0.15) is 5.10 Å². The predicted octanol–water partition coefficient (Wildman–Crippen LogP) is 1.44. The zero-order valence-corrected chi connectivity index (χ0v) is 17.2. The van der Waals surface area contributed by atoms with Gasteiger partial charge in [0.2, 0.25) is 11.8 Å². The van der Waals surface area contributed by atoms with E-state index in [0.29, 0.717) is 25.9 Å². The highest BCUT2D eigenvalue weighted by atomic mass is 16.2. The Kier molecular flexibility index (Phi) is 6.37. The van der Waals surface area contributed by atoms with E-state index in [9.17, 15) is 9.59 Å². The molecule has 0 spiro atoms. The summed E-state index contributed by atoms with van der Waals surface area (Å²) in [5.41, 5.74) is 8.97. The summed E-state index contributed by atoms with van der Waals surface area (Å²) in [6, 6.07) is 16.2. The van der Waals surface area contributed by atoms with Crippen LogP contribution in [0.3, 0.4) is 0 Å². The lowest BCUT2D eigenvalue weighted by molar-refractivity contribution is -0.139. The molecule has 3 aromatic rings. The first kappa shape index (κ1) is 20.7. The molecular formula is C23H26N6O2. The average molecular weight is 419 g/mol. The van der Waals surface area contributed by atoms with Crippen molar-refractivity contribution in [3.8, 4) is 5.69 Å². The first-order chi connectivity index (χ1) is 15.1. The highest BCUT2D eigenvalue weighted by Crippen LogP contribution is 2.20. The van der Waals surface area contributed by atoms with Gasteiger partial charge in [-0.15, -0.1) is 0 Å². The Morgan fingerprint density at radius 1 is 1.13 bits per heavy atom. The second-order valence-electron chi connectivity index (χ2n) is 7.67. The number of aromatic nitrogens is 3. The predicted molar refractivity (Wildman–Crippen MR) is 116 cm³/mol. The lowest BCUT2D eigenvalue weighted by Crippen LogP contribution is -2.51. The molecule has 1 fully saturated rings. The van der Waals surface area contributed by atoms with Crippen molar-refractivity contribution in [2.45, 2.75) is 37.9 Å². The molecule has 2 aromatic carbocycles. The third kappa shape index (κ3) is 4.80. The topological polar surface area (TPSA) is 106 Å². The molecule has 2 atom stereocenters. The smallest absolute Gasteiger partial charge is 0.243 e. The Balaban J connectivity index is 1.39. The van der Waals surface area contributed by atoms with Crippen LogP contribution in [0.15, 0.2) is 67.3 Å². The van der Waals surface area contributed by atoms with Gasteiger partial charge in [0.15, 0.2) is 0 Å². The van der Waals surface area contributed by atoms with E-state index in [1.165, 1.54) is 6.33 Å². The lowest BCUT2D eigenvalue weighted by Gasteiger charge is -2.27. The quantitative estimate of drug-likeness (QED) is 0.604. The zero-order chi connectivity index (χ0) is 21.6. The van der Waals surface area contributed by atoms with Crippen LogP contribution < -0.4 is 11.1 Å². The molecule has 0 radical (unpaired) electrons. The van der Waals surface area contributed by atoms with Crippen molar-refractivity contribution < 1.29 is 9.59 Å². The van der Waals surface area contributed by atoms with Gasteiger partial charge < -0.3 is 16.0 Å². The van der Waals surface area contributed by atoms with Crippen molar-refractivity contribution in [3.05, 3.63) is 78.4 Å². The van der Waals surface area contributed by atoms with Gasteiger partial charge in [0.1, 0.15) is 18.7 Å². The molecule has 0 saturated carbocycles. The Morgan fingerprint density at radius 3 is 2.68 bits per heavy atom. The number of para-hydroxylation sites is 1. The molecule has 1 saturated heterocycles. The van der Waals surface area contributed by atoms with Crippen LogP contribution in [-0.2, 0) is 22.6 Å². The molecule has 2 heterocycles. The Morgan fingerprint density at radius 2 is 1.90 bits per heavy atom. The highest BCUT2D eigenvalue weighted by molar-refractivity contribution is 5.90. The Labute approximate surface area is 181 Å². The monoisotopic (exact) mass is 418 g/mol. The van der Waals surface area contributed by atoms with Crippen molar-refractivity contribution in [1.29, 1.82) is 0 Å². The number of benzene rings is 2. The van der Waals surface area contributed by atoms with Gasteiger partial charge in [-0.25, -0.2) is 9.67 Å². The van der Waals surface area contributed by atoms with Gasteiger partial charge in [-0.05, 0) is 36.5 Å². The molecule has 1 aliphatic heterocycles. The summed E-state index contributed by atoms with van der Waals surface area (Å²) in [6.45, 7) is 0.887. The molecule has 2 unspecified atom stereocenters. The van der Waals surface area contributed by atoms with E-state index >= 15 is 0 Å². The number of amides is 2. The van der Waals surface area contributed by atoms with Crippen molar-refractivity contribution in [2.75, 3.05) is 6.54 Å². The van der Waals surface area contributed by atoms with Crippen molar-refractivity contribution in [3.63, 3.8) is 0 Å². The molecular weight excluding hydrogens is 392 g/mol. The molecule has 2 amide bonds. The standard InChI is InChI=1S/C23H26N6O2/c24-19(13-17-7-2-1-3-8-17)23(31)28-12-6-11-21(28)22(30)26-14-18-9-4-5-10-20(18)29-16-25-15-27-29/h1-5,7-10,15-16,19,21H,6,11-14,24H2,(H,26,30). The van der Waals surface area contributed by atoms with Crippen molar-refractivity contribution >= 4 is 11.8 Å². The largest absolute Gasteiger partial charge is 0.350 e. The molecule has 1 aliphatic rings. The number of carbonyl (C=O) groups excluding carboxylic acids is 2. The van der Waals surface area contributed by atoms with Crippen LogP contribution in [0, 0.1) is 0 Å². The molecule has 8 heteroatoms. The van der Waals surface area contributed by atoms with Gasteiger partial charge >= 0.3 is 0 Å². The van der Waals surface area contributed by atoms with Gasteiger partial charge in [-0.3, -0.25) is 9.59 Å². The summed E-state index contributed by atoms with van der Waals surface area (Å²) in [7, 11) is 0. The van der Waals surface area contributed by atoms with E-state index in [1.54, 1.807) is 15.9 Å². The minimum absolute atomic E-state index is 0.161. The number of rotatable bonds is 7. The van der Waals surface area contributed by atoms with Gasteiger partial charge in [0, 0.05) is 13.1 Å². The van der Waals surface area contributed by atoms with Crippen LogP contribution in [0.25, 0.3) is 5.69 Å². The van der Waals surface area contributed by atoms with Crippen LogP contribution in [0.5, 0.6) is 0 Å². The summed E-state index contributed by atoms with van der Waals surface area (Å²) in [5, 5.41) is 7.15. The number of hydrogen-bond donors (Lipinski definition) is 2. The molecule has 8 nitrogen and oxygen atoms in total. The number of nitrogens with one attached hydrogen (secondary N) is 1. The number of carbonyl (C=O) groups is 2. The molecule has 3 N–H and O–H groups in total. The maximum absolute atomic E-state index is 13.0. The Bertz CT molecular complexity index is 1020. The van der Waals surface area contributed by atoms with Crippen LogP contribution >= 0.6 is 0 Å². The third-order valence-electron chi connectivity index (χ3n) is 5.56. The molecule has 4 rings (SSSR count). The van der Waals surface area contributed by atoms with E-state index in [2.05, 4.69) is 15.4 Å². The van der Waals surface area contributed by atoms with Gasteiger partial charge in [0.25, 0.3) is 0 Å². The number of likely N-dealkylation sites (tertiary alicyclic amines) is 1. The first-order valence-corrected chi connectivity index (χ1v) is 10.4. The second kappa shape index (κ2) is 9.53. The molecule has 1 aromatic heterocycles. The van der Waals surface area contributed by atoms with E-state index < -0.39 is 12.1 Å². The minimum Gasteiger partial charge on any atom is -0.350 e. The Hall–Kier alpha value is -3.52. The van der Waals surface area contributed by atoms with E-state index in [4.69, 9.17) is 5.73 Å². The molecule has 31 heavy (non-hydrogen) atoms. The SMILES string of the molecule is NC(Cc1ccccc1)C(=O)N1CCCC1C(=O)NCc1ccccc1-n1cncn1. The first-order valence-electron chi connectivity index (χ1n) is 10.4. The van der Waals surface area contributed by atoms with E-state index in [-0.39, 0.29) is 11.8 Å². The summed E-state index contributed by atoms with van der Waals surface area (Å²) in [6.07, 6.45) is 4.97. The fourth-order valence-electron chi connectivity index (χ4n) is 3.99. The summed E-state index contributed by atoms with van der Waals surface area (Å²) >= 11 is 0. The molecule has 160 valence electrons. The molecule has 0 bridgehead atoms.